The second-order valence-corrected chi connectivity index (χ2v) is 4.76. The van der Waals surface area contributed by atoms with E-state index in [0.29, 0.717) is 18.0 Å². The highest BCUT2D eigenvalue weighted by Crippen LogP contribution is 2.28. The normalized spacial score (nSPS) is 13.0. The predicted octanol–water partition coefficient (Wildman–Crippen LogP) is 2.21. The Kier molecular flexibility index (Phi) is 3.76. The molecule has 0 unspecified atom stereocenters. The lowest BCUT2D eigenvalue weighted by molar-refractivity contribution is 0.0697. The van der Waals surface area contributed by atoms with Crippen molar-refractivity contribution in [2.45, 2.75) is 6.42 Å². The van der Waals surface area contributed by atoms with Gasteiger partial charge in [-0.05, 0) is 30.2 Å². The summed E-state index contributed by atoms with van der Waals surface area (Å²) in [6, 6.07) is 4.49. The first-order chi connectivity index (χ1) is 8.99. The molecule has 2 rings (SSSR count). The molecule has 0 bridgehead atoms. The maximum atomic E-state index is 11.9. The molecule has 6 heteroatoms. The van der Waals surface area contributed by atoms with E-state index < -0.39 is 5.97 Å². The molecule has 0 aliphatic carbocycles. The highest BCUT2D eigenvalue weighted by molar-refractivity contribution is 6.29. The number of rotatable bonds is 3. The molecule has 100 valence electrons. The number of carbonyl (C=O) groups is 2. The first-order valence-corrected chi connectivity index (χ1v) is 6.11. The summed E-state index contributed by atoms with van der Waals surface area (Å²) < 4.78 is 0. The van der Waals surface area contributed by atoms with Gasteiger partial charge in [0.25, 0.3) is 0 Å². The molecule has 0 saturated heterocycles. The lowest BCUT2D eigenvalue weighted by atomic mass is 10.1. The molecule has 1 aromatic carbocycles. The third kappa shape index (κ3) is 2.88. The van der Waals surface area contributed by atoms with Crippen molar-refractivity contribution in [3.8, 4) is 0 Å². The van der Waals surface area contributed by atoms with Crippen molar-refractivity contribution in [2.24, 2.45) is 0 Å². The Balaban J connectivity index is 2.16. The standard InChI is InChI=1S/C13H13ClN2O3/c1-8(14)7-15-13(19)16-5-4-9-6-10(12(17)18)2-3-11(9)16/h2-3,6H,1,4-5,7H2,(H,15,19)(H,17,18). The topological polar surface area (TPSA) is 69.6 Å². The van der Waals surface area contributed by atoms with E-state index in [4.69, 9.17) is 16.7 Å². The van der Waals surface area contributed by atoms with Gasteiger partial charge in [0, 0.05) is 17.3 Å². The van der Waals surface area contributed by atoms with Gasteiger partial charge in [0.1, 0.15) is 0 Å². The number of carboxylic acids is 1. The fraction of sp³-hybridized carbons (Fsp3) is 0.231. The number of carboxylic acid groups (broad SMARTS) is 1. The molecule has 2 amide bonds. The van der Waals surface area contributed by atoms with Crippen LogP contribution in [0, 0.1) is 0 Å². The second-order valence-electron chi connectivity index (χ2n) is 4.23. The van der Waals surface area contributed by atoms with Crippen molar-refractivity contribution < 1.29 is 14.7 Å². The van der Waals surface area contributed by atoms with Gasteiger partial charge in [0.15, 0.2) is 0 Å². The average molecular weight is 281 g/mol. The van der Waals surface area contributed by atoms with E-state index in [2.05, 4.69) is 11.9 Å². The van der Waals surface area contributed by atoms with Crippen LogP contribution in [0.5, 0.6) is 0 Å². The number of nitrogens with zero attached hydrogens (tertiary/aromatic N) is 1. The van der Waals surface area contributed by atoms with Gasteiger partial charge in [-0.3, -0.25) is 4.90 Å². The Morgan fingerprint density at radius 2 is 2.21 bits per heavy atom. The van der Waals surface area contributed by atoms with Gasteiger partial charge in [-0.2, -0.15) is 0 Å². The molecule has 0 spiro atoms. The summed E-state index contributed by atoms with van der Waals surface area (Å²) in [6.45, 7) is 4.23. The number of halogens is 1. The summed E-state index contributed by atoms with van der Waals surface area (Å²) in [6.07, 6.45) is 0.645. The summed E-state index contributed by atoms with van der Waals surface area (Å²) in [7, 11) is 0. The summed E-state index contributed by atoms with van der Waals surface area (Å²) in [4.78, 5) is 24.4. The maximum Gasteiger partial charge on any atom is 0.335 e. The van der Waals surface area contributed by atoms with Crippen LogP contribution < -0.4 is 10.2 Å². The molecule has 1 heterocycles. The lowest BCUT2D eigenvalue weighted by Gasteiger charge is -2.18. The SMILES string of the molecule is C=C(Cl)CNC(=O)N1CCc2cc(C(=O)O)ccc21. The van der Waals surface area contributed by atoms with Crippen molar-refractivity contribution in [1.82, 2.24) is 5.32 Å². The van der Waals surface area contributed by atoms with Crippen LogP contribution >= 0.6 is 11.6 Å². The van der Waals surface area contributed by atoms with Gasteiger partial charge in [-0.25, -0.2) is 9.59 Å². The van der Waals surface area contributed by atoms with Crippen LogP contribution in [0.2, 0.25) is 0 Å². The van der Waals surface area contributed by atoms with Gasteiger partial charge >= 0.3 is 12.0 Å². The third-order valence-electron chi connectivity index (χ3n) is 2.90. The van der Waals surface area contributed by atoms with Crippen LogP contribution in [0.15, 0.2) is 29.8 Å². The molecule has 1 aromatic rings. The van der Waals surface area contributed by atoms with Crippen LogP contribution in [0.3, 0.4) is 0 Å². The van der Waals surface area contributed by atoms with Gasteiger partial charge in [0.2, 0.25) is 0 Å². The molecular formula is C13H13ClN2O3. The van der Waals surface area contributed by atoms with Gasteiger partial charge in [-0.1, -0.05) is 18.2 Å². The Morgan fingerprint density at radius 3 is 2.84 bits per heavy atom. The minimum Gasteiger partial charge on any atom is -0.478 e. The van der Waals surface area contributed by atoms with Crippen molar-refractivity contribution in [3.05, 3.63) is 40.9 Å². The Labute approximate surface area is 115 Å². The first-order valence-electron chi connectivity index (χ1n) is 5.74. The lowest BCUT2D eigenvalue weighted by Crippen LogP contribution is -2.39. The van der Waals surface area contributed by atoms with Crippen molar-refractivity contribution in [1.29, 1.82) is 0 Å². The molecule has 1 aliphatic heterocycles. The minimum atomic E-state index is -0.968. The quantitative estimate of drug-likeness (QED) is 0.892. The fourth-order valence-electron chi connectivity index (χ4n) is 2.01. The van der Waals surface area contributed by atoms with Crippen molar-refractivity contribution in [3.63, 3.8) is 0 Å². The molecule has 19 heavy (non-hydrogen) atoms. The predicted molar refractivity (Wildman–Crippen MR) is 72.8 cm³/mol. The summed E-state index contributed by atoms with van der Waals surface area (Å²) >= 11 is 5.59. The molecule has 0 radical (unpaired) electrons. The smallest absolute Gasteiger partial charge is 0.335 e. The van der Waals surface area contributed by atoms with Crippen LogP contribution in [-0.2, 0) is 6.42 Å². The number of urea groups is 1. The average Bonchev–Trinajstić information content (AvgIpc) is 2.78. The van der Waals surface area contributed by atoms with E-state index in [-0.39, 0.29) is 18.1 Å². The molecule has 2 N–H and O–H groups in total. The van der Waals surface area contributed by atoms with Gasteiger partial charge in [-0.15, -0.1) is 0 Å². The van der Waals surface area contributed by atoms with Crippen LogP contribution in [0.1, 0.15) is 15.9 Å². The molecule has 0 atom stereocenters. The van der Waals surface area contributed by atoms with Gasteiger partial charge in [0.05, 0.1) is 12.1 Å². The first kappa shape index (κ1) is 13.4. The number of nitrogens with one attached hydrogen (secondary N) is 1. The zero-order chi connectivity index (χ0) is 14.0. The van der Waals surface area contributed by atoms with E-state index in [9.17, 15) is 9.59 Å². The van der Waals surface area contributed by atoms with E-state index in [1.165, 1.54) is 6.07 Å². The fourth-order valence-corrected chi connectivity index (χ4v) is 2.08. The number of anilines is 1. The van der Waals surface area contributed by atoms with E-state index >= 15 is 0 Å². The van der Waals surface area contributed by atoms with E-state index in [1.807, 2.05) is 0 Å². The molecule has 5 nitrogen and oxygen atoms in total. The summed E-state index contributed by atoms with van der Waals surface area (Å²) in [5.74, 6) is -0.968. The molecular weight excluding hydrogens is 268 g/mol. The zero-order valence-electron chi connectivity index (χ0n) is 10.1. The monoisotopic (exact) mass is 280 g/mol. The maximum absolute atomic E-state index is 11.9. The van der Waals surface area contributed by atoms with Crippen molar-refractivity contribution >= 4 is 29.3 Å². The second kappa shape index (κ2) is 5.32. The Hall–Kier alpha value is -2.01. The number of aromatic carboxylic acids is 1. The number of benzene rings is 1. The number of hydrogen-bond acceptors (Lipinski definition) is 2. The molecule has 0 aromatic heterocycles. The number of carbonyl (C=O) groups excluding carboxylic acids is 1. The Morgan fingerprint density at radius 1 is 1.47 bits per heavy atom. The molecule has 1 aliphatic rings. The molecule has 0 fully saturated rings. The zero-order valence-corrected chi connectivity index (χ0v) is 10.9. The number of fused-ring (bicyclic) bond motifs is 1. The highest BCUT2D eigenvalue weighted by atomic mass is 35.5. The minimum absolute atomic E-state index is 0.208. The van der Waals surface area contributed by atoms with E-state index in [0.717, 1.165) is 11.3 Å². The third-order valence-corrected chi connectivity index (χ3v) is 3.03. The number of hydrogen-bond donors (Lipinski definition) is 2. The van der Waals surface area contributed by atoms with Crippen LogP contribution in [0.25, 0.3) is 0 Å². The van der Waals surface area contributed by atoms with Crippen molar-refractivity contribution in [2.75, 3.05) is 18.0 Å². The molecule has 0 saturated carbocycles. The van der Waals surface area contributed by atoms with Crippen LogP contribution in [0.4, 0.5) is 10.5 Å². The van der Waals surface area contributed by atoms with Gasteiger partial charge < -0.3 is 10.4 Å². The summed E-state index contributed by atoms with van der Waals surface area (Å²) in [5, 5.41) is 11.9. The highest BCUT2D eigenvalue weighted by Gasteiger charge is 2.25. The largest absolute Gasteiger partial charge is 0.478 e. The van der Waals surface area contributed by atoms with Crippen LogP contribution in [-0.4, -0.2) is 30.2 Å². The Bertz CT molecular complexity index is 557. The number of amides is 2. The summed E-state index contributed by atoms with van der Waals surface area (Å²) in [5.41, 5.74) is 1.83. The van der Waals surface area contributed by atoms with E-state index in [1.54, 1.807) is 17.0 Å².